The number of cyclic esters (lactones) is 1. The second-order valence-electron chi connectivity index (χ2n) is 16.0. The lowest BCUT2D eigenvalue weighted by Crippen LogP contribution is -2.60. The van der Waals surface area contributed by atoms with Crippen molar-refractivity contribution in [3.63, 3.8) is 0 Å². The lowest BCUT2D eigenvalue weighted by molar-refractivity contribution is -0.155. The van der Waals surface area contributed by atoms with Crippen LogP contribution in [0.5, 0.6) is 0 Å². The molecule has 7 rings (SSSR count). The summed E-state index contributed by atoms with van der Waals surface area (Å²) < 4.78 is 41.2. The molecule has 0 spiro atoms. The summed E-state index contributed by atoms with van der Waals surface area (Å²) in [5.41, 5.74) is 10.4. The molecule has 12 nitrogen and oxygen atoms in total. The first kappa shape index (κ1) is 40.2. The van der Waals surface area contributed by atoms with E-state index in [4.69, 9.17) is 19.4 Å². The zero-order chi connectivity index (χ0) is 39.7. The summed E-state index contributed by atoms with van der Waals surface area (Å²) in [6.45, 7) is 12.7. The van der Waals surface area contributed by atoms with Crippen molar-refractivity contribution in [2.45, 2.75) is 84.5 Å². The van der Waals surface area contributed by atoms with Crippen LogP contribution in [0.2, 0.25) is 0 Å². The molecular formula is C41H54F2N8O4S. The number of carbonyl (C=O) groups excluding carboxylic acids is 2. The second-order valence-corrected chi connectivity index (χ2v) is 17.0. The molecule has 3 aromatic heterocycles. The summed E-state index contributed by atoms with van der Waals surface area (Å²) in [4.78, 5) is 42.2. The first-order chi connectivity index (χ1) is 26.8. The third-order valence-corrected chi connectivity index (χ3v) is 12.2. The number of halogens is 2. The van der Waals surface area contributed by atoms with Crippen LogP contribution in [-0.4, -0.2) is 115 Å². The van der Waals surface area contributed by atoms with E-state index < -0.39 is 42.3 Å². The Hall–Kier alpha value is -4.02. The van der Waals surface area contributed by atoms with Gasteiger partial charge in [0.1, 0.15) is 6.04 Å². The number of piperazine rings is 1. The molecule has 0 aliphatic carbocycles. The molecule has 2 fully saturated rings. The van der Waals surface area contributed by atoms with Crippen LogP contribution in [0.4, 0.5) is 14.5 Å². The van der Waals surface area contributed by atoms with Gasteiger partial charge >= 0.3 is 5.97 Å². The molecule has 56 heavy (non-hydrogen) atoms. The van der Waals surface area contributed by atoms with Crippen LogP contribution in [-0.2, 0) is 38.4 Å². The zero-order valence-electron chi connectivity index (χ0n) is 33.2. The molecule has 6 bridgehead atoms. The molecule has 3 aliphatic heterocycles. The highest BCUT2D eigenvalue weighted by molar-refractivity contribution is 7.10. The number of fused-ring (bicyclic) bond motifs is 6. The number of thiazole rings is 1. The molecule has 3 aliphatic rings. The van der Waals surface area contributed by atoms with Gasteiger partial charge in [0.05, 0.1) is 59.3 Å². The number of pyridine rings is 1. The number of benzene rings is 1. The third kappa shape index (κ3) is 8.47. The van der Waals surface area contributed by atoms with Crippen LogP contribution in [0.15, 0.2) is 35.8 Å². The molecule has 2 saturated heterocycles. The molecule has 1 aromatic carbocycles. The number of nitrogens with zero attached hydrogens (tertiary/aromatic N) is 6. The van der Waals surface area contributed by atoms with Crippen LogP contribution in [0.25, 0.3) is 33.4 Å². The number of anilines is 1. The maximum absolute atomic E-state index is 13.8. The number of alkyl halides is 2. The van der Waals surface area contributed by atoms with Crippen molar-refractivity contribution >= 4 is 39.8 Å². The average Bonchev–Trinajstić information content (AvgIpc) is 3.79. The van der Waals surface area contributed by atoms with Crippen molar-refractivity contribution in [3.05, 3.63) is 52.1 Å². The largest absolute Gasteiger partial charge is 0.464 e. The monoisotopic (exact) mass is 792 g/mol. The van der Waals surface area contributed by atoms with E-state index in [1.54, 1.807) is 7.11 Å². The van der Waals surface area contributed by atoms with Crippen molar-refractivity contribution in [1.29, 1.82) is 0 Å². The molecule has 15 heteroatoms. The van der Waals surface area contributed by atoms with Crippen LogP contribution in [0.1, 0.15) is 62.9 Å². The Balaban J connectivity index is 1.39. The van der Waals surface area contributed by atoms with Crippen molar-refractivity contribution in [2.75, 3.05) is 64.9 Å². The van der Waals surface area contributed by atoms with E-state index in [-0.39, 0.29) is 19.1 Å². The highest BCUT2D eigenvalue weighted by Crippen LogP contribution is 2.43. The summed E-state index contributed by atoms with van der Waals surface area (Å²) in [5.74, 6) is -0.855. The summed E-state index contributed by atoms with van der Waals surface area (Å²) in [6.07, 6.45) is 0.826. The normalized spacial score (nSPS) is 21.7. The molecule has 0 radical (unpaired) electrons. The molecule has 4 aromatic rings. The number of nitrogens with one attached hydrogen (secondary N) is 2. The lowest BCUT2D eigenvalue weighted by atomic mass is 9.84. The van der Waals surface area contributed by atoms with Crippen molar-refractivity contribution in [3.8, 4) is 22.5 Å². The zero-order valence-corrected chi connectivity index (χ0v) is 34.1. The number of hydrogen-bond donors (Lipinski definition) is 2. The molecule has 302 valence electrons. The van der Waals surface area contributed by atoms with E-state index in [1.165, 1.54) is 16.3 Å². The average molecular weight is 793 g/mol. The second kappa shape index (κ2) is 16.8. The predicted molar refractivity (Wildman–Crippen MR) is 215 cm³/mol. The number of ether oxygens (including phenoxy) is 2. The molecular weight excluding hydrogens is 739 g/mol. The summed E-state index contributed by atoms with van der Waals surface area (Å²) in [7, 11) is 3.86. The Morgan fingerprint density at radius 1 is 1.14 bits per heavy atom. The summed E-state index contributed by atoms with van der Waals surface area (Å²) in [6, 6.07) is 6.95. The fourth-order valence-corrected chi connectivity index (χ4v) is 8.97. The molecule has 2 N–H and O–H groups in total. The minimum absolute atomic E-state index is 0.124. The van der Waals surface area contributed by atoms with Gasteiger partial charge in [-0.25, -0.2) is 19.2 Å². The smallest absolute Gasteiger partial charge is 0.324 e. The van der Waals surface area contributed by atoms with Gasteiger partial charge in [0.25, 0.3) is 12.3 Å². The molecule has 0 unspecified atom stereocenters. The maximum atomic E-state index is 13.8. The predicted octanol–water partition coefficient (Wildman–Crippen LogP) is 5.69. The minimum atomic E-state index is -2.64. The lowest BCUT2D eigenvalue weighted by Gasteiger charge is -2.35. The van der Waals surface area contributed by atoms with Gasteiger partial charge in [0.2, 0.25) is 0 Å². The van der Waals surface area contributed by atoms with Crippen molar-refractivity contribution < 1.29 is 27.8 Å². The van der Waals surface area contributed by atoms with E-state index in [1.807, 2.05) is 18.5 Å². The maximum Gasteiger partial charge on any atom is 0.324 e. The summed E-state index contributed by atoms with van der Waals surface area (Å²) in [5, 5.41) is 7.81. The fourth-order valence-electron chi connectivity index (χ4n) is 8.12. The standard InChI is InChI=1S/C41H54F2N8O4S/c1-7-50-34-11-10-26-17-28(34)30(38(50)29-18-27(21-45-37(29)25(2)54-6)49-15-13-48(5)14-16-49)20-41(3,4)24-55-40(53)31-9-8-12-51(47-31)39(52)32(44-22-35(42)43)19-36-46-33(26)23-56-36/h10-11,17-18,21,23,25,31-32,35,44,47H,7-9,12-16,19-20,22,24H2,1-6H3/t25-,31-,32-/m0/s1. The van der Waals surface area contributed by atoms with Gasteiger partial charge in [0, 0.05) is 85.6 Å². The van der Waals surface area contributed by atoms with Gasteiger partial charge in [-0.3, -0.25) is 24.9 Å². The van der Waals surface area contributed by atoms with Crippen LogP contribution < -0.4 is 15.6 Å². The fraction of sp³-hybridized carbons (Fsp3) is 0.561. The van der Waals surface area contributed by atoms with Gasteiger partial charge in [-0.05, 0) is 63.9 Å². The van der Waals surface area contributed by atoms with Crippen LogP contribution in [0.3, 0.4) is 0 Å². The van der Waals surface area contributed by atoms with E-state index in [2.05, 4.69) is 77.2 Å². The quantitative estimate of drug-likeness (QED) is 0.216. The number of likely N-dealkylation sites (N-methyl/N-ethyl adjacent to an activating group) is 1. The topological polar surface area (TPSA) is 117 Å². The number of carbonyl (C=O) groups is 2. The van der Waals surface area contributed by atoms with E-state index in [0.717, 1.165) is 76.5 Å². The van der Waals surface area contributed by atoms with Crippen molar-refractivity contribution in [2.24, 2.45) is 5.41 Å². The third-order valence-electron chi connectivity index (χ3n) is 11.3. The number of hydrogen-bond acceptors (Lipinski definition) is 11. The highest BCUT2D eigenvalue weighted by atomic mass is 32.1. The number of rotatable bonds is 8. The Morgan fingerprint density at radius 2 is 1.93 bits per heavy atom. The van der Waals surface area contributed by atoms with Crippen molar-refractivity contribution in [1.82, 2.24) is 35.2 Å². The number of hydrazine groups is 1. The van der Waals surface area contributed by atoms with Gasteiger partial charge in [-0.1, -0.05) is 19.9 Å². The Kier molecular flexibility index (Phi) is 12.1. The molecule has 0 saturated carbocycles. The van der Waals surface area contributed by atoms with E-state index in [9.17, 15) is 18.4 Å². The first-order valence-electron chi connectivity index (χ1n) is 19.7. The minimum Gasteiger partial charge on any atom is -0.464 e. The van der Waals surface area contributed by atoms with Gasteiger partial charge in [-0.2, -0.15) is 0 Å². The number of aromatic nitrogens is 3. The Labute approximate surface area is 331 Å². The number of methoxy groups -OCH3 is 1. The first-order valence-corrected chi connectivity index (χ1v) is 20.6. The highest BCUT2D eigenvalue weighted by Gasteiger charge is 2.35. The van der Waals surface area contributed by atoms with Crippen LogP contribution in [0, 0.1) is 5.41 Å². The molecule has 6 heterocycles. The van der Waals surface area contributed by atoms with Crippen LogP contribution >= 0.6 is 11.3 Å². The van der Waals surface area contributed by atoms with E-state index in [0.29, 0.717) is 37.4 Å². The van der Waals surface area contributed by atoms with Gasteiger partial charge < -0.3 is 23.8 Å². The number of esters is 1. The SMILES string of the molecule is CCn1c(-c2cc(N3CCN(C)CC3)cnc2[C@H](C)OC)c2c3cc(ccc31)-c1csc(n1)C[C@H](NCC(F)F)C(=O)N1CCC[C@H](N1)C(=O)OCC(C)(C)C2. The van der Waals surface area contributed by atoms with E-state index >= 15 is 0 Å². The van der Waals surface area contributed by atoms with Gasteiger partial charge in [-0.15, -0.1) is 11.3 Å². The van der Waals surface area contributed by atoms with Gasteiger partial charge in [0.15, 0.2) is 0 Å². The Bertz CT molecular complexity index is 2040. The molecule has 1 amide bonds. The number of aryl methyl sites for hydroxylation is 1. The molecule has 3 atom stereocenters. The number of amides is 1. The summed E-state index contributed by atoms with van der Waals surface area (Å²) >= 11 is 1.40. The Morgan fingerprint density at radius 3 is 2.66 bits per heavy atom.